The summed E-state index contributed by atoms with van der Waals surface area (Å²) in [5.41, 5.74) is 2.42. The largest absolute Gasteiger partial charge is 0.481 e. The number of carbonyl (C=O) groups is 2. The molecule has 11 heteroatoms. The van der Waals surface area contributed by atoms with Crippen LogP contribution in [-0.4, -0.2) is 37.6 Å². The van der Waals surface area contributed by atoms with E-state index in [-0.39, 0.29) is 36.9 Å². The maximum absolute atomic E-state index is 13.6. The van der Waals surface area contributed by atoms with E-state index in [0.29, 0.717) is 32.8 Å². The first kappa shape index (κ1) is 26.8. The van der Waals surface area contributed by atoms with E-state index in [4.69, 9.17) is 16.7 Å². The number of carboxylic acid groups (broad SMARTS) is 1. The van der Waals surface area contributed by atoms with Gasteiger partial charge in [0.2, 0.25) is 5.91 Å². The molecule has 2 N–H and O–H groups in total. The Labute approximate surface area is 232 Å². The number of nitro groups is 1. The monoisotopic (exact) mass is 558 g/mol. The fourth-order valence-electron chi connectivity index (χ4n) is 4.95. The summed E-state index contributed by atoms with van der Waals surface area (Å²) in [6.07, 6.45) is -0.0764. The molecule has 1 aromatic heterocycles. The van der Waals surface area contributed by atoms with Crippen molar-refractivity contribution < 1.29 is 19.6 Å². The molecule has 3 aromatic carbocycles. The maximum atomic E-state index is 13.6. The average molecular weight is 559 g/mol. The summed E-state index contributed by atoms with van der Waals surface area (Å²) in [7, 11) is 0. The van der Waals surface area contributed by atoms with Crippen LogP contribution < -0.4 is 5.56 Å². The molecule has 0 aliphatic carbocycles. The average Bonchev–Trinajstić information content (AvgIpc) is 3.38. The number of amides is 1. The lowest BCUT2D eigenvalue weighted by Gasteiger charge is -2.22. The molecule has 0 unspecified atom stereocenters. The minimum Gasteiger partial charge on any atom is -0.481 e. The van der Waals surface area contributed by atoms with Gasteiger partial charge in [-0.3, -0.25) is 24.5 Å². The Morgan fingerprint density at radius 1 is 1.05 bits per heavy atom. The predicted molar refractivity (Wildman–Crippen MR) is 150 cm³/mol. The molecule has 0 bridgehead atoms. The molecule has 0 fully saturated rings. The van der Waals surface area contributed by atoms with E-state index >= 15 is 0 Å². The Bertz CT molecular complexity index is 1730. The zero-order chi connectivity index (χ0) is 28.4. The molecule has 40 heavy (non-hydrogen) atoms. The minimum atomic E-state index is -1.03. The number of non-ortho nitro benzene ring substituents is 1. The van der Waals surface area contributed by atoms with Crippen LogP contribution in [0, 0.1) is 10.1 Å². The van der Waals surface area contributed by atoms with E-state index in [1.54, 1.807) is 24.3 Å². The first-order valence-electron chi connectivity index (χ1n) is 12.5. The van der Waals surface area contributed by atoms with Gasteiger partial charge < -0.3 is 10.1 Å². The summed E-state index contributed by atoms with van der Waals surface area (Å²) < 4.78 is 0. The number of aromatic nitrogens is 1. The molecule has 4 aromatic rings. The number of nitro benzene ring substituents is 1. The fraction of sp³-hybridized carbons (Fsp3) is 0.172. The van der Waals surface area contributed by atoms with Crippen molar-refractivity contribution in [2.24, 2.45) is 5.10 Å². The number of pyridine rings is 1. The Morgan fingerprint density at radius 3 is 2.55 bits per heavy atom. The topological polar surface area (TPSA) is 146 Å². The van der Waals surface area contributed by atoms with Gasteiger partial charge in [0, 0.05) is 52.9 Å². The number of rotatable bonds is 8. The summed E-state index contributed by atoms with van der Waals surface area (Å²) in [4.78, 5) is 51.7. The van der Waals surface area contributed by atoms with Crippen LogP contribution in [0.5, 0.6) is 0 Å². The molecule has 0 saturated carbocycles. The molecule has 1 amide bonds. The number of fused-ring (bicyclic) bond motifs is 1. The summed E-state index contributed by atoms with van der Waals surface area (Å²) in [5, 5.41) is 27.4. The van der Waals surface area contributed by atoms with Crippen molar-refractivity contribution in [3.63, 3.8) is 0 Å². The minimum absolute atomic E-state index is 0.0935. The lowest BCUT2D eigenvalue weighted by Crippen LogP contribution is -2.27. The second kappa shape index (κ2) is 11.1. The van der Waals surface area contributed by atoms with Gasteiger partial charge in [-0.2, -0.15) is 5.10 Å². The van der Waals surface area contributed by atoms with Crippen molar-refractivity contribution >= 4 is 45.8 Å². The molecule has 1 aliphatic heterocycles. The van der Waals surface area contributed by atoms with E-state index < -0.39 is 28.4 Å². The molecule has 2 heterocycles. The first-order valence-corrected chi connectivity index (χ1v) is 12.9. The summed E-state index contributed by atoms with van der Waals surface area (Å²) in [6.45, 7) is 0. The van der Waals surface area contributed by atoms with Crippen LogP contribution in [0.25, 0.3) is 22.0 Å². The standard InChI is InChI=1S/C29H23ClN4O6/c30-19-12-13-22-21(15-19)27(17-6-2-1-3-7-17)28(29(38)31-22)23-16-24(18-8-4-9-20(14-18)34(39)40)33(32-23)25(35)10-5-11-26(36)37/h1-4,6-9,12-15,24H,5,10-11,16H2,(H,31,38)(H,36,37)/t24-/m1/s1. The predicted octanol–water partition coefficient (Wildman–Crippen LogP) is 5.69. The van der Waals surface area contributed by atoms with E-state index in [1.807, 2.05) is 30.3 Å². The number of hydrogen-bond acceptors (Lipinski definition) is 6. The summed E-state index contributed by atoms with van der Waals surface area (Å²) in [6, 6.07) is 19.6. The number of nitrogens with one attached hydrogen (secondary N) is 1. The third kappa shape index (κ3) is 5.34. The molecule has 202 valence electrons. The number of hydrogen-bond donors (Lipinski definition) is 2. The third-order valence-corrected chi connectivity index (χ3v) is 6.98. The first-order chi connectivity index (χ1) is 19.2. The van der Waals surface area contributed by atoms with Crippen molar-refractivity contribution in [1.82, 2.24) is 9.99 Å². The molecular formula is C29H23ClN4O6. The zero-order valence-electron chi connectivity index (χ0n) is 21.0. The third-order valence-electron chi connectivity index (χ3n) is 6.74. The molecule has 1 atom stereocenters. The highest BCUT2D eigenvalue weighted by atomic mass is 35.5. The number of carboxylic acids is 1. The van der Waals surface area contributed by atoms with E-state index in [2.05, 4.69) is 10.1 Å². The number of carbonyl (C=O) groups excluding carboxylic acids is 1. The Balaban J connectivity index is 1.67. The van der Waals surface area contributed by atoms with Crippen LogP contribution in [0.1, 0.15) is 42.9 Å². The smallest absolute Gasteiger partial charge is 0.303 e. The SMILES string of the molecule is O=C(O)CCCC(=O)N1N=C(c2c(-c3ccccc3)c3cc(Cl)ccc3[nH]c2=O)C[C@@H]1c1cccc([N+](=O)[O-])c1. The van der Waals surface area contributed by atoms with Crippen molar-refractivity contribution in [1.29, 1.82) is 0 Å². The van der Waals surface area contributed by atoms with Crippen molar-refractivity contribution in [2.75, 3.05) is 0 Å². The van der Waals surface area contributed by atoms with Crippen LogP contribution in [0.3, 0.4) is 0 Å². The summed E-state index contributed by atoms with van der Waals surface area (Å²) in [5.74, 6) is -1.48. The number of hydrazone groups is 1. The number of benzene rings is 3. The van der Waals surface area contributed by atoms with Crippen LogP contribution in [0.15, 0.2) is 82.7 Å². The molecular weight excluding hydrogens is 536 g/mol. The van der Waals surface area contributed by atoms with Gasteiger partial charge >= 0.3 is 5.97 Å². The second-order valence-corrected chi connectivity index (χ2v) is 9.80. The molecule has 5 rings (SSSR count). The normalized spacial score (nSPS) is 14.8. The summed E-state index contributed by atoms with van der Waals surface area (Å²) >= 11 is 6.34. The van der Waals surface area contributed by atoms with E-state index in [9.17, 15) is 24.5 Å². The number of aliphatic carboxylic acids is 1. The van der Waals surface area contributed by atoms with Crippen molar-refractivity contribution in [2.45, 2.75) is 31.7 Å². The van der Waals surface area contributed by atoms with Gasteiger partial charge in [0.25, 0.3) is 11.2 Å². The van der Waals surface area contributed by atoms with Crippen LogP contribution in [0.2, 0.25) is 5.02 Å². The van der Waals surface area contributed by atoms with Crippen LogP contribution in [-0.2, 0) is 9.59 Å². The van der Waals surface area contributed by atoms with Crippen LogP contribution in [0.4, 0.5) is 5.69 Å². The molecule has 0 saturated heterocycles. The lowest BCUT2D eigenvalue weighted by atomic mass is 9.91. The fourth-order valence-corrected chi connectivity index (χ4v) is 5.12. The Kier molecular flexibility index (Phi) is 7.43. The quantitative estimate of drug-likeness (QED) is 0.210. The van der Waals surface area contributed by atoms with E-state index in [1.165, 1.54) is 23.2 Å². The van der Waals surface area contributed by atoms with Crippen LogP contribution >= 0.6 is 11.6 Å². The zero-order valence-corrected chi connectivity index (χ0v) is 21.8. The maximum Gasteiger partial charge on any atom is 0.303 e. The van der Waals surface area contributed by atoms with Gasteiger partial charge in [-0.15, -0.1) is 0 Å². The van der Waals surface area contributed by atoms with E-state index in [0.717, 1.165) is 5.56 Å². The van der Waals surface area contributed by atoms with Gasteiger partial charge in [-0.1, -0.05) is 54.1 Å². The van der Waals surface area contributed by atoms with Gasteiger partial charge in [0.15, 0.2) is 0 Å². The number of halogens is 1. The number of H-pyrrole nitrogens is 1. The molecule has 10 nitrogen and oxygen atoms in total. The van der Waals surface area contributed by atoms with Crippen molar-refractivity contribution in [3.8, 4) is 11.1 Å². The second-order valence-electron chi connectivity index (χ2n) is 9.36. The van der Waals surface area contributed by atoms with Gasteiger partial charge in [-0.05, 0) is 35.7 Å². The van der Waals surface area contributed by atoms with Gasteiger partial charge in [0.05, 0.1) is 22.2 Å². The highest BCUT2D eigenvalue weighted by Crippen LogP contribution is 2.38. The lowest BCUT2D eigenvalue weighted by molar-refractivity contribution is -0.385. The Morgan fingerprint density at radius 2 is 1.82 bits per heavy atom. The number of nitrogens with zero attached hydrogens (tertiary/aromatic N) is 3. The molecule has 1 aliphatic rings. The van der Waals surface area contributed by atoms with Crippen molar-refractivity contribution in [3.05, 3.63) is 109 Å². The van der Waals surface area contributed by atoms with Gasteiger partial charge in [0.1, 0.15) is 0 Å². The Hall–Kier alpha value is -4.83. The highest BCUT2D eigenvalue weighted by molar-refractivity contribution is 6.31. The molecule has 0 spiro atoms. The van der Waals surface area contributed by atoms with Gasteiger partial charge in [-0.25, -0.2) is 5.01 Å². The number of aromatic amines is 1. The highest BCUT2D eigenvalue weighted by Gasteiger charge is 2.35. The molecule has 0 radical (unpaired) electrons.